The predicted octanol–water partition coefficient (Wildman–Crippen LogP) is 3.14. The number of nitrogens with zero attached hydrogens (tertiary/aromatic N) is 1. The molecule has 1 saturated carbocycles. The average molecular weight is 351 g/mol. The zero-order valence-electron chi connectivity index (χ0n) is 13.8. The summed E-state index contributed by atoms with van der Waals surface area (Å²) in [5.74, 6) is -0.644. The number of nitrogens with one attached hydrogen (secondary N) is 2. The normalized spacial score (nSPS) is 13.4. The molecule has 132 valence electrons. The van der Waals surface area contributed by atoms with Crippen LogP contribution in [-0.4, -0.2) is 22.8 Å². The summed E-state index contributed by atoms with van der Waals surface area (Å²) in [6.07, 6.45) is 4.71. The molecule has 0 aliphatic heterocycles. The van der Waals surface area contributed by atoms with Crippen LogP contribution in [-0.2, 0) is 4.79 Å². The zero-order chi connectivity index (χ0) is 18.5. The highest BCUT2D eigenvalue weighted by Crippen LogP contribution is 2.21. The number of carbonyl (C=O) groups is 2. The number of non-ortho nitro benzene ring substituents is 1. The van der Waals surface area contributed by atoms with E-state index in [0.29, 0.717) is 16.8 Å². The summed E-state index contributed by atoms with van der Waals surface area (Å²) in [5.41, 5.74) is 1.31. The van der Waals surface area contributed by atoms with E-state index < -0.39 is 10.8 Å². The molecule has 0 heterocycles. The van der Waals surface area contributed by atoms with Gasteiger partial charge in [-0.25, -0.2) is 0 Å². The lowest BCUT2D eigenvalue weighted by molar-refractivity contribution is -0.384. The Bertz CT molecular complexity index is 888. The minimum Gasteiger partial charge on any atom is -0.349 e. The highest BCUT2D eigenvalue weighted by atomic mass is 16.6. The number of benzene rings is 2. The van der Waals surface area contributed by atoms with Gasteiger partial charge < -0.3 is 10.6 Å². The zero-order valence-corrected chi connectivity index (χ0v) is 13.8. The van der Waals surface area contributed by atoms with Crippen molar-refractivity contribution >= 4 is 29.3 Å². The van der Waals surface area contributed by atoms with Crippen LogP contribution < -0.4 is 10.6 Å². The Morgan fingerprint density at radius 3 is 2.62 bits per heavy atom. The quantitative estimate of drug-likeness (QED) is 0.474. The number of anilines is 1. The van der Waals surface area contributed by atoms with E-state index in [4.69, 9.17) is 0 Å². The third-order valence-electron chi connectivity index (χ3n) is 3.85. The fraction of sp³-hybridized carbons (Fsp3) is 0.158. The van der Waals surface area contributed by atoms with Gasteiger partial charge in [-0.15, -0.1) is 0 Å². The molecule has 0 aromatic heterocycles. The fourth-order valence-electron chi connectivity index (χ4n) is 2.37. The van der Waals surface area contributed by atoms with Crippen LogP contribution in [0.3, 0.4) is 0 Å². The monoisotopic (exact) mass is 351 g/mol. The molecule has 2 amide bonds. The van der Waals surface area contributed by atoms with Crippen LogP contribution >= 0.6 is 0 Å². The van der Waals surface area contributed by atoms with Crippen LogP contribution in [0.1, 0.15) is 28.8 Å². The Morgan fingerprint density at radius 1 is 1.12 bits per heavy atom. The Morgan fingerprint density at radius 2 is 1.88 bits per heavy atom. The maximum Gasteiger partial charge on any atom is 0.270 e. The van der Waals surface area contributed by atoms with Gasteiger partial charge in [0.05, 0.1) is 16.2 Å². The molecule has 0 saturated heterocycles. The van der Waals surface area contributed by atoms with E-state index in [9.17, 15) is 19.7 Å². The van der Waals surface area contributed by atoms with Crippen LogP contribution in [0.2, 0.25) is 0 Å². The van der Waals surface area contributed by atoms with Crippen LogP contribution in [0, 0.1) is 10.1 Å². The molecule has 0 spiro atoms. The Balaban J connectivity index is 1.69. The van der Waals surface area contributed by atoms with Gasteiger partial charge in [0, 0.05) is 24.3 Å². The minimum atomic E-state index is -0.494. The van der Waals surface area contributed by atoms with Gasteiger partial charge in [-0.2, -0.15) is 0 Å². The first-order chi connectivity index (χ1) is 12.5. The molecule has 1 fully saturated rings. The molecule has 2 aromatic carbocycles. The van der Waals surface area contributed by atoms with Crippen LogP contribution in [0.4, 0.5) is 11.4 Å². The molecule has 1 aliphatic carbocycles. The van der Waals surface area contributed by atoms with Crippen molar-refractivity contribution in [2.24, 2.45) is 0 Å². The van der Waals surface area contributed by atoms with Gasteiger partial charge in [-0.1, -0.05) is 24.3 Å². The van der Waals surface area contributed by atoms with E-state index in [1.54, 1.807) is 36.4 Å². The molecule has 2 N–H and O–H groups in total. The van der Waals surface area contributed by atoms with Gasteiger partial charge in [-0.05, 0) is 36.6 Å². The van der Waals surface area contributed by atoms with E-state index in [1.807, 2.05) is 0 Å². The second-order valence-electron chi connectivity index (χ2n) is 5.97. The summed E-state index contributed by atoms with van der Waals surface area (Å²) in [6, 6.07) is 13.0. The lowest BCUT2D eigenvalue weighted by Gasteiger charge is -2.09. The molecule has 0 unspecified atom stereocenters. The third kappa shape index (κ3) is 4.54. The average Bonchev–Trinajstić information content (AvgIpc) is 3.44. The molecule has 0 atom stereocenters. The number of hydrogen-bond donors (Lipinski definition) is 2. The minimum absolute atomic E-state index is 0.0466. The lowest BCUT2D eigenvalue weighted by Crippen LogP contribution is -2.26. The fourth-order valence-corrected chi connectivity index (χ4v) is 2.37. The molecule has 3 rings (SSSR count). The van der Waals surface area contributed by atoms with Crippen molar-refractivity contribution in [3.63, 3.8) is 0 Å². The first-order valence-electron chi connectivity index (χ1n) is 8.16. The Hall–Kier alpha value is -3.48. The maximum absolute atomic E-state index is 12.2. The molecule has 2 aromatic rings. The van der Waals surface area contributed by atoms with Gasteiger partial charge in [0.15, 0.2) is 0 Å². The molecular weight excluding hydrogens is 334 g/mol. The number of nitro benzene ring substituents is 1. The van der Waals surface area contributed by atoms with E-state index in [2.05, 4.69) is 10.6 Å². The number of hydrogen-bond acceptors (Lipinski definition) is 4. The van der Waals surface area contributed by atoms with Crippen molar-refractivity contribution < 1.29 is 14.5 Å². The van der Waals surface area contributed by atoms with E-state index in [1.165, 1.54) is 24.3 Å². The summed E-state index contributed by atoms with van der Waals surface area (Å²) < 4.78 is 0. The van der Waals surface area contributed by atoms with Crippen LogP contribution in [0.25, 0.3) is 6.08 Å². The van der Waals surface area contributed by atoms with Gasteiger partial charge in [0.1, 0.15) is 0 Å². The summed E-state index contributed by atoms with van der Waals surface area (Å²) in [4.78, 5) is 34.7. The number of nitro groups is 1. The predicted molar refractivity (Wildman–Crippen MR) is 97.7 cm³/mol. The van der Waals surface area contributed by atoms with E-state index in [0.717, 1.165) is 12.8 Å². The van der Waals surface area contributed by atoms with Crippen molar-refractivity contribution in [2.45, 2.75) is 18.9 Å². The Kier molecular flexibility index (Phi) is 5.07. The van der Waals surface area contributed by atoms with Crippen LogP contribution in [0.15, 0.2) is 54.6 Å². The second-order valence-corrected chi connectivity index (χ2v) is 5.97. The number of amides is 2. The Labute approximate surface area is 149 Å². The first-order valence-corrected chi connectivity index (χ1v) is 8.16. The summed E-state index contributed by atoms with van der Waals surface area (Å²) in [7, 11) is 0. The van der Waals surface area contributed by atoms with Gasteiger partial charge >= 0.3 is 0 Å². The molecule has 7 heteroatoms. The lowest BCUT2D eigenvalue weighted by atomic mass is 10.1. The number of para-hydroxylation sites is 1. The third-order valence-corrected chi connectivity index (χ3v) is 3.85. The van der Waals surface area contributed by atoms with Crippen LogP contribution in [0.5, 0.6) is 0 Å². The molecule has 26 heavy (non-hydrogen) atoms. The summed E-state index contributed by atoms with van der Waals surface area (Å²) >= 11 is 0. The van der Waals surface area contributed by atoms with Gasteiger partial charge in [-0.3, -0.25) is 19.7 Å². The first kappa shape index (κ1) is 17.3. The van der Waals surface area contributed by atoms with Crippen molar-refractivity contribution in [3.8, 4) is 0 Å². The largest absolute Gasteiger partial charge is 0.349 e. The van der Waals surface area contributed by atoms with Crippen molar-refractivity contribution in [1.82, 2.24) is 5.32 Å². The van der Waals surface area contributed by atoms with E-state index in [-0.39, 0.29) is 17.6 Å². The highest BCUT2D eigenvalue weighted by molar-refractivity contribution is 6.07. The van der Waals surface area contributed by atoms with Gasteiger partial charge in [0.25, 0.3) is 11.6 Å². The molecule has 0 radical (unpaired) electrons. The maximum atomic E-state index is 12.2. The topological polar surface area (TPSA) is 101 Å². The van der Waals surface area contributed by atoms with E-state index >= 15 is 0 Å². The van der Waals surface area contributed by atoms with Crippen molar-refractivity contribution in [2.75, 3.05) is 5.32 Å². The SMILES string of the molecule is O=C(C=Cc1cccc([N+](=O)[O-])c1)Nc1ccccc1C(=O)NC1CC1. The van der Waals surface area contributed by atoms with Gasteiger partial charge in [0.2, 0.25) is 5.91 Å². The molecule has 1 aliphatic rings. The number of rotatable bonds is 6. The molecular formula is C19H17N3O4. The smallest absolute Gasteiger partial charge is 0.270 e. The standard InChI is InChI=1S/C19H17N3O4/c23-18(11-8-13-4-3-5-15(12-13)22(25)26)21-17-7-2-1-6-16(17)19(24)20-14-9-10-14/h1-8,11-12,14H,9-10H2,(H,20,24)(H,21,23). The summed E-state index contributed by atoms with van der Waals surface area (Å²) in [6.45, 7) is 0. The van der Waals surface area contributed by atoms with Crippen molar-refractivity contribution in [1.29, 1.82) is 0 Å². The second kappa shape index (κ2) is 7.60. The summed E-state index contributed by atoms with van der Waals surface area (Å²) in [5, 5.41) is 16.3. The molecule has 7 nitrogen and oxygen atoms in total. The highest BCUT2D eigenvalue weighted by Gasteiger charge is 2.24. The molecule has 0 bridgehead atoms. The van der Waals surface area contributed by atoms with Crippen molar-refractivity contribution in [3.05, 3.63) is 75.8 Å². The number of carbonyl (C=O) groups excluding carboxylic acids is 2.